The van der Waals surface area contributed by atoms with E-state index in [0.29, 0.717) is 33.8 Å². The van der Waals surface area contributed by atoms with Crippen LogP contribution in [0, 0.1) is 0 Å². The van der Waals surface area contributed by atoms with Crippen molar-refractivity contribution in [2.75, 3.05) is 13.7 Å². The SMILES string of the molecule is CCOC(=O)C1=C(C)NC(C)=C(C(=O)OC)C1c1cccc(N=C/C(C(C)=O)=C(/O)c2ccccc2)c1. The van der Waals surface area contributed by atoms with Gasteiger partial charge in [-0.1, -0.05) is 42.5 Å². The molecule has 0 spiro atoms. The third-order valence-electron chi connectivity index (χ3n) is 5.89. The van der Waals surface area contributed by atoms with Crippen LogP contribution in [0.3, 0.4) is 0 Å². The van der Waals surface area contributed by atoms with Gasteiger partial charge in [0.15, 0.2) is 5.78 Å². The minimum absolute atomic E-state index is 0.0485. The number of rotatable bonds is 8. The maximum Gasteiger partial charge on any atom is 0.336 e. The van der Waals surface area contributed by atoms with E-state index in [-0.39, 0.29) is 29.3 Å². The molecule has 2 aromatic carbocycles. The molecule has 2 aromatic rings. The summed E-state index contributed by atoms with van der Waals surface area (Å²) in [6.07, 6.45) is 1.31. The van der Waals surface area contributed by atoms with Crippen LogP contribution in [-0.4, -0.2) is 42.8 Å². The van der Waals surface area contributed by atoms with Gasteiger partial charge in [-0.25, -0.2) is 9.59 Å². The molecule has 0 bridgehead atoms. The van der Waals surface area contributed by atoms with Gasteiger partial charge in [0.1, 0.15) is 5.76 Å². The lowest BCUT2D eigenvalue weighted by molar-refractivity contribution is -0.139. The average molecular weight is 503 g/mol. The van der Waals surface area contributed by atoms with Gasteiger partial charge in [0.2, 0.25) is 0 Å². The van der Waals surface area contributed by atoms with Crippen LogP contribution >= 0.6 is 0 Å². The molecule has 37 heavy (non-hydrogen) atoms. The van der Waals surface area contributed by atoms with Crippen molar-refractivity contribution in [1.29, 1.82) is 0 Å². The van der Waals surface area contributed by atoms with Crippen LogP contribution in [0.5, 0.6) is 0 Å². The van der Waals surface area contributed by atoms with E-state index in [1.54, 1.807) is 69.3 Å². The number of aliphatic hydroxyl groups is 1. The van der Waals surface area contributed by atoms with Gasteiger partial charge in [-0.2, -0.15) is 0 Å². The summed E-state index contributed by atoms with van der Waals surface area (Å²) in [5.41, 5.74) is 3.31. The lowest BCUT2D eigenvalue weighted by Gasteiger charge is -2.30. The zero-order valence-electron chi connectivity index (χ0n) is 21.5. The number of carbonyl (C=O) groups is 3. The van der Waals surface area contributed by atoms with E-state index in [1.165, 1.54) is 20.2 Å². The lowest BCUT2D eigenvalue weighted by Crippen LogP contribution is -2.32. The van der Waals surface area contributed by atoms with Crippen LogP contribution in [0.4, 0.5) is 5.69 Å². The van der Waals surface area contributed by atoms with Gasteiger partial charge < -0.3 is 19.9 Å². The molecule has 8 nitrogen and oxygen atoms in total. The normalized spacial score (nSPS) is 16.3. The summed E-state index contributed by atoms with van der Waals surface area (Å²) in [6.45, 7) is 6.72. The average Bonchev–Trinajstić information content (AvgIpc) is 2.88. The Balaban J connectivity index is 2.10. The number of nitrogens with one attached hydrogen (secondary N) is 1. The molecule has 0 radical (unpaired) electrons. The van der Waals surface area contributed by atoms with Crippen molar-refractivity contribution in [3.05, 3.63) is 93.8 Å². The van der Waals surface area contributed by atoms with E-state index in [4.69, 9.17) is 9.47 Å². The topological polar surface area (TPSA) is 114 Å². The Bertz CT molecular complexity index is 1340. The first kappa shape index (κ1) is 27.1. The Morgan fingerprint density at radius 3 is 2.24 bits per heavy atom. The monoisotopic (exact) mass is 502 g/mol. The fourth-order valence-corrected chi connectivity index (χ4v) is 4.18. The minimum atomic E-state index is -0.761. The van der Waals surface area contributed by atoms with E-state index < -0.39 is 17.9 Å². The summed E-state index contributed by atoms with van der Waals surface area (Å²) in [5.74, 6) is -2.42. The third kappa shape index (κ3) is 6.03. The maximum absolute atomic E-state index is 12.9. The van der Waals surface area contributed by atoms with Crippen LogP contribution < -0.4 is 5.32 Å². The number of dihydropyridines is 1. The summed E-state index contributed by atoms with van der Waals surface area (Å²) >= 11 is 0. The molecule has 1 atom stereocenters. The van der Waals surface area contributed by atoms with E-state index in [0.717, 1.165) is 0 Å². The molecule has 1 heterocycles. The van der Waals surface area contributed by atoms with Crippen molar-refractivity contribution < 1.29 is 29.0 Å². The standard InChI is InChI=1S/C29H30N2O6/c1-6-37-29(35)25-18(3)31-17(2)24(28(34)36-5)26(25)21-13-10-14-22(15-21)30-16-23(19(4)32)27(33)20-11-8-7-9-12-20/h7-16,26,31,33H,6H2,1-5H3/b27-23-,30-16?. The number of aliphatic hydroxyl groups excluding tert-OH is 1. The molecule has 0 saturated heterocycles. The number of ketones is 1. The summed E-state index contributed by atoms with van der Waals surface area (Å²) < 4.78 is 10.3. The first-order chi connectivity index (χ1) is 17.7. The smallest absolute Gasteiger partial charge is 0.336 e. The Morgan fingerprint density at radius 1 is 1.00 bits per heavy atom. The van der Waals surface area contributed by atoms with Crippen molar-refractivity contribution in [2.45, 2.75) is 33.6 Å². The molecule has 1 unspecified atom stereocenters. The summed E-state index contributed by atoms with van der Waals surface area (Å²) in [4.78, 5) is 42.4. The van der Waals surface area contributed by atoms with Crippen molar-refractivity contribution in [3.63, 3.8) is 0 Å². The van der Waals surface area contributed by atoms with Crippen molar-refractivity contribution in [2.24, 2.45) is 4.99 Å². The number of hydrogen-bond acceptors (Lipinski definition) is 8. The predicted octanol–water partition coefficient (Wildman–Crippen LogP) is 4.92. The number of aliphatic imine (C=N–C) groups is 1. The van der Waals surface area contributed by atoms with E-state index in [2.05, 4.69) is 10.3 Å². The number of ether oxygens (including phenoxy) is 2. The first-order valence-corrected chi connectivity index (χ1v) is 11.8. The fraction of sp³-hybridized carbons (Fsp3) is 0.241. The van der Waals surface area contributed by atoms with Gasteiger partial charge in [-0.3, -0.25) is 9.79 Å². The van der Waals surface area contributed by atoms with E-state index in [1.807, 2.05) is 6.07 Å². The fourth-order valence-electron chi connectivity index (χ4n) is 4.18. The highest BCUT2D eigenvalue weighted by atomic mass is 16.5. The van der Waals surface area contributed by atoms with Gasteiger partial charge in [-0.15, -0.1) is 0 Å². The molecule has 8 heteroatoms. The lowest BCUT2D eigenvalue weighted by atomic mass is 9.80. The van der Waals surface area contributed by atoms with Crippen molar-refractivity contribution >= 4 is 35.4 Å². The number of Topliss-reactive ketones (excluding diaryl/α,β-unsaturated/α-hetero) is 1. The molecular formula is C29H30N2O6. The number of benzene rings is 2. The highest BCUT2D eigenvalue weighted by molar-refractivity contribution is 6.17. The van der Waals surface area contributed by atoms with Gasteiger partial charge in [-0.05, 0) is 45.4 Å². The second-order valence-electron chi connectivity index (χ2n) is 8.39. The molecule has 3 rings (SSSR count). The van der Waals surface area contributed by atoms with Crippen LogP contribution in [0.25, 0.3) is 5.76 Å². The second kappa shape index (κ2) is 12.0. The van der Waals surface area contributed by atoms with E-state index in [9.17, 15) is 19.5 Å². The predicted molar refractivity (Wildman–Crippen MR) is 141 cm³/mol. The highest BCUT2D eigenvalue weighted by Gasteiger charge is 2.37. The van der Waals surface area contributed by atoms with Gasteiger partial charge in [0.05, 0.1) is 42.0 Å². The molecule has 1 aliphatic rings. The number of nitrogens with zero attached hydrogens (tertiary/aromatic N) is 1. The molecule has 0 saturated carbocycles. The van der Waals surface area contributed by atoms with Crippen molar-refractivity contribution in [3.8, 4) is 0 Å². The van der Waals surface area contributed by atoms with Crippen LogP contribution in [0.15, 0.2) is 87.7 Å². The summed E-state index contributed by atoms with van der Waals surface area (Å²) in [6, 6.07) is 15.7. The molecule has 192 valence electrons. The van der Waals surface area contributed by atoms with E-state index >= 15 is 0 Å². The second-order valence-corrected chi connectivity index (χ2v) is 8.39. The summed E-state index contributed by atoms with van der Waals surface area (Å²) in [5, 5.41) is 13.7. The van der Waals surface area contributed by atoms with Gasteiger partial charge >= 0.3 is 11.9 Å². The number of allylic oxidation sites excluding steroid dienone is 3. The molecule has 2 N–H and O–H groups in total. The zero-order chi connectivity index (χ0) is 27.1. The Hall–Kier alpha value is -4.46. The first-order valence-electron chi connectivity index (χ1n) is 11.8. The molecule has 1 aliphatic heterocycles. The Kier molecular flexibility index (Phi) is 8.79. The zero-order valence-corrected chi connectivity index (χ0v) is 21.5. The largest absolute Gasteiger partial charge is 0.507 e. The summed E-state index contributed by atoms with van der Waals surface area (Å²) in [7, 11) is 1.28. The van der Waals surface area contributed by atoms with Gasteiger partial charge in [0.25, 0.3) is 0 Å². The number of esters is 2. The van der Waals surface area contributed by atoms with Crippen LogP contribution in [-0.2, 0) is 23.9 Å². The Morgan fingerprint density at radius 2 is 1.65 bits per heavy atom. The van der Waals surface area contributed by atoms with Crippen LogP contribution in [0.2, 0.25) is 0 Å². The molecular weight excluding hydrogens is 472 g/mol. The Labute approximate surface area is 216 Å². The number of methoxy groups -OCH3 is 1. The number of hydrogen-bond donors (Lipinski definition) is 2. The molecule has 0 amide bonds. The minimum Gasteiger partial charge on any atom is -0.507 e. The highest BCUT2D eigenvalue weighted by Crippen LogP contribution is 2.40. The molecule has 0 aromatic heterocycles. The van der Waals surface area contributed by atoms with Crippen LogP contribution in [0.1, 0.15) is 44.7 Å². The maximum atomic E-state index is 12.9. The number of carbonyl (C=O) groups excluding carboxylic acids is 3. The molecule has 0 fully saturated rings. The van der Waals surface area contributed by atoms with Crippen molar-refractivity contribution in [1.82, 2.24) is 5.32 Å². The van der Waals surface area contributed by atoms with Gasteiger partial charge in [0, 0.05) is 23.2 Å². The third-order valence-corrected chi connectivity index (χ3v) is 5.89. The molecule has 0 aliphatic carbocycles. The quantitative estimate of drug-likeness (QED) is 0.228.